The average Bonchev–Trinajstić information content (AvgIpc) is 3.94. The van der Waals surface area contributed by atoms with E-state index >= 15 is 0 Å². The van der Waals surface area contributed by atoms with E-state index in [-0.39, 0.29) is 0 Å². The number of fused-ring (bicyclic) bond motifs is 6. The topological polar surface area (TPSA) is 38.9 Å². The van der Waals surface area contributed by atoms with Crippen LogP contribution < -0.4 is 4.90 Å². The van der Waals surface area contributed by atoms with Crippen molar-refractivity contribution >= 4 is 60.7 Å². The summed E-state index contributed by atoms with van der Waals surface area (Å²) in [5.41, 5.74) is 19.0. The zero-order valence-electron chi connectivity index (χ0n) is 37.6. The van der Waals surface area contributed by atoms with Gasteiger partial charge in [0.25, 0.3) is 0 Å². The monoisotopic (exact) mass is 881 g/mol. The zero-order chi connectivity index (χ0) is 45.7. The maximum Gasteiger partial charge on any atom is 0.0541 e. The van der Waals surface area contributed by atoms with Gasteiger partial charge in [-0.3, -0.25) is 9.97 Å². The molecule has 0 aliphatic carbocycles. The molecule has 0 bridgehead atoms. The number of nitrogens with zero attached hydrogens (tertiary/aromatic N) is 5. The average molecular weight is 882 g/mol. The third-order valence-corrected chi connectivity index (χ3v) is 13.5. The summed E-state index contributed by atoms with van der Waals surface area (Å²) in [6, 6.07) is 85.9. The fraction of sp³-hybridized carbons (Fsp3) is 0. The van der Waals surface area contributed by atoms with Crippen LogP contribution in [-0.4, -0.2) is 19.1 Å². The van der Waals surface area contributed by atoms with E-state index in [2.05, 4.69) is 261 Å². The van der Waals surface area contributed by atoms with Crippen molar-refractivity contribution in [1.82, 2.24) is 19.1 Å². The van der Waals surface area contributed by atoms with E-state index in [1.807, 2.05) is 24.8 Å². The van der Waals surface area contributed by atoms with Gasteiger partial charge in [0.15, 0.2) is 0 Å². The van der Waals surface area contributed by atoms with Crippen LogP contribution in [0.2, 0.25) is 0 Å². The number of rotatable bonds is 9. The molecule has 0 unspecified atom stereocenters. The second kappa shape index (κ2) is 16.8. The Kier molecular flexibility index (Phi) is 9.76. The predicted octanol–water partition coefficient (Wildman–Crippen LogP) is 16.8. The van der Waals surface area contributed by atoms with E-state index in [4.69, 9.17) is 0 Å². The molecular formula is C64H43N5. The number of hydrogen-bond donors (Lipinski definition) is 0. The third kappa shape index (κ3) is 7.12. The van der Waals surface area contributed by atoms with Crippen LogP contribution in [0.1, 0.15) is 0 Å². The van der Waals surface area contributed by atoms with Gasteiger partial charge in [-0.05, 0) is 148 Å². The van der Waals surface area contributed by atoms with Gasteiger partial charge in [0.1, 0.15) is 0 Å². The number of para-hydroxylation sites is 2. The molecule has 4 aromatic heterocycles. The summed E-state index contributed by atoms with van der Waals surface area (Å²) < 4.78 is 4.90. The van der Waals surface area contributed by atoms with Gasteiger partial charge < -0.3 is 14.0 Å². The first kappa shape index (κ1) is 40.0. The van der Waals surface area contributed by atoms with Crippen LogP contribution in [0, 0.1) is 0 Å². The van der Waals surface area contributed by atoms with Crippen LogP contribution in [0.3, 0.4) is 0 Å². The highest BCUT2D eigenvalue weighted by Crippen LogP contribution is 2.43. The Balaban J connectivity index is 1.09. The molecule has 5 heteroatoms. The number of pyridine rings is 2. The lowest BCUT2D eigenvalue weighted by atomic mass is 10.0. The molecule has 0 amide bonds. The molecule has 5 nitrogen and oxygen atoms in total. The first-order valence-electron chi connectivity index (χ1n) is 23.4. The second-order valence-corrected chi connectivity index (χ2v) is 17.5. The lowest BCUT2D eigenvalue weighted by Gasteiger charge is -2.28. The predicted molar refractivity (Wildman–Crippen MR) is 287 cm³/mol. The highest BCUT2D eigenvalue weighted by atomic mass is 15.1. The molecular weight excluding hydrogens is 839 g/mol. The van der Waals surface area contributed by atoms with Gasteiger partial charge in [-0.1, -0.05) is 133 Å². The minimum absolute atomic E-state index is 1.02. The van der Waals surface area contributed by atoms with Crippen molar-refractivity contribution in [3.8, 4) is 55.9 Å². The Hall–Kier alpha value is -9.32. The number of aromatic nitrogens is 4. The van der Waals surface area contributed by atoms with Crippen molar-refractivity contribution in [3.63, 3.8) is 0 Å². The number of benzene rings is 9. The van der Waals surface area contributed by atoms with Gasteiger partial charge in [0.2, 0.25) is 0 Å². The molecule has 0 atom stereocenters. The van der Waals surface area contributed by atoms with Crippen molar-refractivity contribution in [2.24, 2.45) is 0 Å². The molecule has 0 aliphatic heterocycles. The molecule has 69 heavy (non-hydrogen) atoms. The van der Waals surface area contributed by atoms with E-state index in [0.29, 0.717) is 0 Å². The van der Waals surface area contributed by atoms with Crippen molar-refractivity contribution < 1.29 is 0 Å². The highest BCUT2D eigenvalue weighted by Gasteiger charge is 2.22. The molecule has 13 aromatic rings. The van der Waals surface area contributed by atoms with Crippen molar-refractivity contribution in [3.05, 3.63) is 261 Å². The first-order valence-corrected chi connectivity index (χ1v) is 23.4. The van der Waals surface area contributed by atoms with E-state index in [0.717, 1.165) is 72.8 Å². The number of hydrogen-bond acceptors (Lipinski definition) is 3. The van der Waals surface area contributed by atoms with Gasteiger partial charge in [0, 0.05) is 57.7 Å². The molecule has 0 aliphatic rings. The molecule has 0 N–H and O–H groups in total. The Morgan fingerprint density at radius 2 is 0.594 bits per heavy atom. The summed E-state index contributed by atoms with van der Waals surface area (Å²) in [4.78, 5) is 11.0. The summed E-state index contributed by atoms with van der Waals surface area (Å²) in [7, 11) is 0. The SMILES string of the molecule is c1ccc(-c2ccc3c(c2)c2cc(-c4ccccc4)ccc2n3-c2cc(N(c3ccc(-c4ccncc4)cc3)c3ccc(-c4ccncc4)cc3)cc(-n3c4ccccc4c4ccccc43)c2)cc1. The quantitative estimate of drug-likeness (QED) is 0.145. The van der Waals surface area contributed by atoms with Crippen molar-refractivity contribution in [2.75, 3.05) is 4.90 Å². The second-order valence-electron chi connectivity index (χ2n) is 17.5. The molecule has 0 spiro atoms. The van der Waals surface area contributed by atoms with E-state index < -0.39 is 0 Å². The summed E-state index contributed by atoms with van der Waals surface area (Å²) in [6.45, 7) is 0. The lowest BCUT2D eigenvalue weighted by Crippen LogP contribution is -2.12. The van der Waals surface area contributed by atoms with Gasteiger partial charge in [-0.25, -0.2) is 0 Å². The molecule has 0 saturated carbocycles. The Morgan fingerprint density at radius 3 is 1.03 bits per heavy atom. The van der Waals surface area contributed by atoms with Crippen molar-refractivity contribution in [2.45, 2.75) is 0 Å². The van der Waals surface area contributed by atoms with Gasteiger partial charge in [-0.2, -0.15) is 0 Å². The van der Waals surface area contributed by atoms with Gasteiger partial charge in [-0.15, -0.1) is 0 Å². The molecule has 0 fully saturated rings. The minimum atomic E-state index is 1.02. The van der Waals surface area contributed by atoms with E-state index in [1.165, 1.54) is 43.8 Å². The van der Waals surface area contributed by atoms with Crippen LogP contribution in [0.5, 0.6) is 0 Å². The summed E-state index contributed by atoms with van der Waals surface area (Å²) in [6.07, 6.45) is 7.39. The van der Waals surface area contributed by atoms with Gasteiger partial charge >= 0.3 is 0 Å². The highest BCUT2D eigenvalue weighted by molar-refractivity contribution is 6.12. The van der Waals surface area contributed by atoms with Crippen LogP contribution in [0.4, 0.5) is 17.1 Å². The Bertz CT molecular complexity index is 3740. The maximum absolute atomic E-state index is 4.28. The van der Waals surface area contributed by atoms with Crippen LogP contribution in [0.15, 0.2) is 261 Å². The van der Waals surface area contributed by atoms with E-state index in [9.17, 15) is 0 Å². The zero-order valence-corrected chi connectivity index (χ0v) is 37.6. The summed E-state index contributed by atoms with van der Waals surface area (Å²) in [5, 5.41) is 4.83. The smallest absolute Gasteiger partial charge is 0.0541 e. The fourth-order valence-corrected chi connectivity index (χ4v) is 10.2. The van der Waals surface area contributed by atoms with Crippen LogP contribution >= 0.6 is 0 Å². The molecule has 9 aromatic carbocycles. The molecule has 13 rings (SSSR count). The van der Waals surface area contributed by atoms with Crippen molar-refractivity contribution in [1.29, 1.82) is 0 Å². The Labute approximate surface area is 400 Å². The largest absolute Gasteiger partial charge is 0.310 e. The minimum Gasteiger partial charge on any atom is -0.310 e. The third-order valence-electron chi connectivity index (χ3n) is 13.5. The standard InChI is InChI=1S/C64H43N5/c1-3-11-44(12-4-1)50-23-29-63-59(39-50)60-40-51(45-13-5-2-6-14-45)24-30-64(60)69(63)56-42-54(41-55(43-56)68-61-17-9-7-15-57(61)58-16-8-10-18-62(58)68)67(52-25-19-46(20-26-52)48-31-35-65-36-32-48)53-27-21-47(22-28-53)49-33-37-66-38-34-49/h1-43H. The van der Waals surface area contributed by atoms with E-state index in [1.54, 1.807) is 0 Å². The first-order chi connectivity index (χ1) is 34.2. The number of anilines is 3. The van der Waals surface area contributed by atoms with Gasteiger partial charge in [0.05, 0.1) is 39.1 Å². The normalized spacial score (nSPS) is 11.5. The Morgan fingerprint density at radius 1 is 0.246 bits per heavy atom. The lowest BCUT2D eigenvalue weighted by molar-refractivity contribution is 1.12. The van der Waals surface area contributed by atoms with Crippen LogP contribution in [-0.2, 0) is 0 Å². The molecule has 0 saturated heterocycles. The fourth-order valence-electron chi connectivity index (χ4n) is 10.2. The maximum atomic E-state index is 4.28. The summed E-state index contributed by atoms with van der Waals surface area (Å²) >= 11 is 0. The molecule has 4 heterocycles. The van der Waals surface area contributed by atoms with Crippen LogP contribution in [0.25, 0.3) is 99.5 Å². The molecule has 0 radical (unpaired) electrons. The summed E-state index contributed by atoms with van der Waals surface area (Å²) in [5.74, 6) is 0. The molecule has 324 valence electrons.